The number of carbonyl (C=O) groups excluding carboxylic acids is 1. The number of amides is 1. The first-order valence-corrected chi connectivity index (χ1v) is 5.23. The maximum atomic E-state index is 11.4. The van der Waals surface area contributed by atoms with Crippen LogP contribution in [-0.4, -0.2) is 37.0 Å². The second kappa shape index (κ2) is 5.15. The Balaban J connectivity index is 2.20. The van der Waals surface area contributed by atoms with E-state index in [9.17, 15) is 4.79 Å². The molecule has 1 atom stereocenters. The van der Waals surface area contributed by atoms with E-state index in [1.807, 2.05) is 7.05 Å². The van der Waals surface area contributed by atoms with Crippen molar-refractivity contribution in [1.29, 1.82) is 0 Å². The predicted molar refractivity (Wildman–Crippen MR) is 58.0 cm³/mol. The van der Waals surface area contributed by atoms with Crippen LogP contribution in [0.3, 0.4) is 0 Å². The van der Waals surface area contributed by atoms with Gasteiger partial charge in [0.15, 0.2) is 0 Å². The minimum Gasteiger partial charge on any atom is -0.352 e. The third-order valence-corrected chi connectivity index (χ3v) is 2.84. The molecule has 1 N–H and O–H groups in total. The van der Waals surface area contributed by atoms with Crippen LogP contribution in [0.4, 0.5) is 0 Å². The fourth-order valence-electron chi connectivity index (χ4n) is 1.55. The number of likely N-dealkylation sites (N-methyl/N-ethyl adjacent to an activating group) is 1. The fourth-order valence-corrected chi connectivity index (χ4v) is 1.55. The molecule has 1 fully saturated rings. The summed E-state index contributed by atoms with van der Waals surface area (Å²) in [5.41, 5.74) is 0. The molecule has 0 saturated heterocycles. The second-order valence-corrected chi connectivity index (χ2v) is 4.09. The van der Waals surface area contributed by atoms with E-state index in [1.165, 1.54) is 12.8 Å². The molecule has 1 aliphatic rings. The zero-order valence-electron chi connectivity index (χ0n) is 9.12. The molecule has 0 spiro atoms. The van der Waals surface area contributed by atoms with E-state index in [2.05, 4.69) is 23.7 Å². The number of hydrogen-bond acceptors (Lipinski definition) is 2. The summed E-state index contributed by atoms with van der Waals surface area (Å²) in [6, 6.07) is 0.532. The second-order valence-electron chi connectivity index (χ2n) is 4.09. The van der Waals surface area contributed by atoms with Crippen molar-refractivity contribution in [3.05, 3.63) is 12.7 Å². The Hall–Kier alpha value is -0.830. The molecule has 0 aromatic rings. The van der Waals surface area contributed by atoms with Gasteiger partial charge < -0.3 is 5.32 Å². The molecule has 3 nitrogen and oxygen atoms in total. The maximum absolute atomic E-state index is 11.4. The Morgan fingerprint density at radius 3 is 2.86 bits per heavy atom. The summed E-state index contributed by atoms with van der Waals surface area (Å²) in [5.74, 6) is 0.895. The summed E-state index contributed by atoms with van der Waals surface area (Å²) in [6.07, 6.45) is 4.34. The smallest absolute Gasteiger partial charge is 0.234 e. The molecule has 0 unspecified atom stereocenters. The van der Waals surface area contributed by atoms with Crippen LogP contribution in [0.5, 0.6) is 0 Å². The van der Waals surface area contributed by atoms with Gasteiger partial charge in [-0.15, -0.1) is 6.58 Å². The maximum Gasteiger partial charge on any atom is 0.234 e. The molecule has 0 bridgehead atoms. The van der Waals surface area contributed by atoms with Crippen LogP contribution < -0.4 is 5.32 Å². The summed E-state index contributed by atoms with van der Waals surface area (Å²) >= 11 is 0. The third kappa shape index (κ3) is 3.50. The zero-order valence-corrected chi connectivity index (χ0v) is 9.12. The molecule has 0 aromatic heterocycles. The number of nitrogens with one attached hydrogen (secondary N) is 1. The minimum absolute atomic E-state index is 0.0832. The third-order valence-electron chi connectivity index (χ3n) is 2.84. The molecule has 1 amide bonds. The molecule has 14 heavy (non-hydrogen) atoms. The average molecular weight is 196 g/mol. The van der Waals surface area contributed by atoms with Crippen LogP contribution in [0.25, 0.3) is 0 Å². The first-order valence-electron chi connectivity index (χ1n) is 5.23. The zero-order chi connectivity index (χ0) is 10.6. The Morgan fingerprint density at radius 1 is 1.71 bits per heavy atom. The van der Waals surface area contributed by atoms with E-state index in [-0.39, 0.29) is 5.91 Å². The molecule has 0 heterocycles. The van der Waals surface area contributed by atoms with Gasteiger partial charge in [-0.1, -0.05) is 6.08 Å². The summed E-state index contributed by atoms with van der Waals surface area (Å²) in [7, 11) is 2.01. The van der Waals surface area contributed by atoms with Gasteiger partial charge in [-0.3, -0.25) is 9.69 Å². The van der Waals surface area contributed by atoms with Gasteiger partial charge in [0.2, 0.25) is 5.91 Å². The molecule has 1 aliphatic carbocycles. The first-order chi connectivity index (χ1) is 6.65. The van der Waals surface area contributed by atoms with E-state index in [4.69, 9.17) is 0 Å². The van der Waals surface area contributed by atoms with Crippen LogP contribution in [0.15, 0.2) is 12.7 Å². The predicted octanol–water partition coefficient (Wildman–Crippen LogP) is 1.02. The highest BCUT2D eigenvalue weighted by Crippen LogP contribution is 2.34. The van der Waals surface area contributed by atoms with Crippen molar-refractivity contribution in [2.45, 2.75) is 25.8 Å². The van der Waals surface area contributed by atoms with Crippen molar-refractivity contribution in [3.8, 4) is 0 Å². The molecule has 3 heteroatoms. The van der Waals surface area contributed by atoms with Gasteiger partial charge in [-0.25, -0.2) is 0 Å². The lowest BCUT2D eigenvalue weighted by Gasteiger charge is -2.23. The molecular formula is C11H20N2O. The number of nitrogens with zero attached hydrogens (tertiary/aromatic N) is 1. The van der Waals surface area contributed by atoms with Crippen molar-refractivity contribution >= 4 is 5.91 Å². The van der Waals surface area contributed by atoms with E-state index >= 15 is 0 Å². The van der Waals surface area contributed by atoms with E-state index in [1.54, 1.807) is 6.08 Å². The van der Waals surface area contributed by atoms with Crippen LogP contribution in [0, 0.1) is 5.92 Å². The summed E-state index contributed by atoms with van der Waals surface area (Å²) < 4.78 is 0. The number of carbonyl (C=O) groups is 1. The minimum atomic E-state index is 0.0832. The Morgan fingerprint density at radius 2 is 2.36 bits per heavy atom. The van der Waals surface area contributed by atoms with Crippen LogP contribution in [0.1, 0.15) is 19.8 Å². The molecule has 0 aliphatic heterocycles. The SMILES string of the molecule is C=CCNC(=O)CN(C)[C@H](C)C1CC1. The molecular weight excluding hydrogens is 176 g/mol. The van der Waals surface area contributed by atoms with E-state index in [0.29, 0.717) is 19.1 Å². The van der Waals surface area contributed by atoms with Gasteiger partial charge in [0, 0.05) is 12.6 Å². The lowest BCUT2D eigenvalue weighted by molar-refractivity contribution is -0.122. The largest absolute Gasteiger partial charge is 0.352 e. The summed E-state index contributed by atoms with van der Waals surface area (Å²) in [6.45, 7) is 6.80. The number of rotatable bonds is 6. The van der Waals surface area contributed by atoms with Gasteiger partial charge >= 0.3 is 0 Å². The summed E-state index contributed by atoms with van der Waals surface area (Å²) in [4.78, 5) is 13.5. The average Bonchev–Trinajstić information content (AvgIpc) is 2.96. The Bertz CT molecular complexity index is 211. The monoisotopic (exact) mass is 196 g/mol. The van der Waals surface area contributed by atoms with Crippen LogP contribution >= 0.6 is 0 Å². The van der Waals surface area contributed by atoms with Crippen molar-refractivity contribution in [1.82, 2.24) is 10.2 Å². The van der Waals surface area contributed by atoms with Crippen molar-refractivity contribution in [2.24, 2.45) is 5.92 Å². The van der Waals surface area contributed by atoms with Crippen LogP contribution in [0.2, 0.25) is 0 Å². The highest BCUT2D eigenvalue weighted by atomic mass is 16.2. The van der Waals surface area contributed by atoms with Gasteiger partial charge in [0.05, 0.1) is 6.54 Å². The normalized spacial score (nSPS) is 17.9. The molecule has 80 valence electrons. The van der Waals surface area contributed by atoms with Gasteiger partial charge in [-0.05, 0) is 32.7 Å². The van der Waals surface area contributed by atoms with E-state index < -0.39 is 0 Å². The lowest BCUT2D eigenvalue weighted by atomic mass is 10.2. The summed E-state index contributed by atoms with van der Waals surface area (Å²) in [5, 5.41) is 2.78. The standard InChI is InChI=1S/C11H20N2O/c1-4-7-12-11(14)8-13(3)9(2)10-5-6-10/h4,9-10H,1,5-8H2,2-3H3,(H,12,14)/t9-/m1/s1. The first kappa shape index (κ1) is 11.2. The van der Waals surface area contributed by atoms with Crippen molar-refractivity contribution in [3.63, 3.8) is 0 Å². The quantitative estimate of drug-likeness (QED) is 0.643. The van der Waals surface area contributed by atoms with Crippen molar-refractivity contribution < 1.29 is 4.79 Å². The van der Waals surface area contributed by atoms with Gasteiger partial charge in [0.1, 0.15) is 0 Å². The highest BCUT2D eigenvalue weighted by molar-refractivity contribution is 5.78. The van der Waals surface area contributed by atoms with E-state index in [0.717, 1.165) is 5.92 Å². The topological polar surface area (TPSA) is 32.3 Å². The Labute approximate surface area is 86.2 Å². The fraction of sp³-hybridized carbons (Fsp3) is 0.727. The Kier molecular flexibility index (Phi) is 4.14. The number of hydrogen-bond donors (Lipinski definition) is 1. The van der Waals surface area contributed by atoms with Crippen LogP contribution in [-0.2, 0) is 4.79 Å². The molecule has 1 rings (SSSR count). The lowest BCUT2D eigenvalue weighted by Crippen LogP contribution is -2.40. The highest BCUT2D eigenvalue weighted by Gasteiger charge is 2.30. The molecule has 0 aromatic carbocycles. The van der Waals surface area contributed by atoms with Gasteiger partial charge in [-0.2, -0.15) is 0 Å². The van der Waals surface area contributed by atoms with Gasteiger partial charge in [0.25, 0.3) is 0 Å². The molecule has 1 saturated carbocycles. The van der Waals surface area contributed by atoms with Crippen molar-refractivity contribution in [2.75, 3.05) is 20.1 Å². The molecule has 0 radical (unpaired) electrons.